The van der Waals surface area contributed by atoms with E-state index < -0.39 is 0 Å². The van der Waals surface area contributed by atoms with Crippen LogP contribution in [-0.2, 0) is 6.42 Å². The molecule has 0 amide bonds. The highest BCUT2D eigenvalue weighted by molar-refractivity contribution is 5.86. The number of hydrogen-bond donors (Lipinski definition) is 0. The van der Waals surface area contributed by atoms with E-state index >= 15 is 0 Å². The molecule has 0 heterocycles. The Kier molecular flexibility index (Phi) is 7.69. The maximum Gasteiger partial charge on any atom is -0.0171 e. The van der Waals surface area contributed by atoms with Crippen LogP contribution in [0.4, 0.5) is 0 Å². The number of benzene rings is 6. The van der Waals surface area contributed by atoms with Crippen LogP contribution in [0.15, 0.2) is 152 Å². The Bertz CT molecular complexity index is 1620. The summed E-state index contributed by atoms with van der Waals surface area (Å²) in [5, 5.41) is 0. The first-order chi connectivity index (χ1) is 19.8. The zero-order valence-corrected chi connectivity index (χ0v) is 23.1. The minimum Gasteiger partial charge on any atom is -0.0654 e. The molecule has 0 radical (unpaired) electrons. The number of hydrogen-bond acceptors (Lipinski definition) is 0. The van der Waals surface area contributed by atoms with Crippen molar-refractivity contribution in [2.24, 2.45) is 0 Å². The molecule has 6 aromatic rings. The molecule has 6 rings (SSSR count). The van der Waals surface area contributed by atoms with Gasteiger partial charge in [-0.05, 0) is 110 Å². The summed E-state index contributed by atoms with van der Waals surface area (Å²) in [5.41, 5.74) is 13.7. The summed E-state index contributed by atoms with van der Waals surface area (Å²) in [6.45, 7) is 2.25. The predicted octanol–water partition coefficient (Wildman–Crippen LogP) is 11.4. The highest BCUT2D eigenvalue weighted by atomic mass is 14.2. The fraction of sp³-hybridized carbons (Fsp3) is 0.100. The highest BCUT2D eigenvalue weighted by Gasteiger charge is 2.11. The van der Waals surface area contributed by atoms with Gasteiger partial charge in [-0.15, -0.1) is 0 Å². The van der Waals surface area contributed by atoms with E-state index in [1.165, 1.54) is 74.0 Å². The second kappa shape index (κ2) is 12.0. The summed E-state index contributed by atoms with van der Waals surface area (Å²) in [6.07, 6.45) is 3.59. The molecule has 40 heavy (non-hydrogen) atoms. The van der Waals surface area contributed by atoms with Gasteiger partial charge in [0.2, 0.25) is 0 Å². The lowest BCUT2D eigenvalue weighted by atomic mass is 9.89. The van der Waals surface area contributed by atoms with Crippen LogP contribution in [0.3, 0.4) is 0 Å². The van der Waals surface area contributed by atoms with Crippen molar-refractivity contribution in [3.05, 3.63) is 157 Å². The Balaban J connectivity index is 1.52. The standard InChI is InChI=1S/C40H34/c1-2-3-13-30-20-22-34(23-21-30)38-25-37(33-18-11-6-12-19-33)28-40(29-38)39-26-35(31-14-7-4-8-15-31)24-36(27-39)32-16-9-5-10-17-32/h4-12,14-29H,2-3,13H2,1H3. The second-order valence-electron chi connectivity index (χ2n) is 10.5. The molecule has 0 fully saturated rings. The topological polar surface area (TPSA) is 0 Å². The van der Waals surface area contributed by atoms with E-state index in [0.717, 1.165) is 6.42 Å². The summed E-state index contributed by atoms with van der Waals surface area (Å²) in [4.78, 5) is 0. The van der Waals surface area contributed by atoms with Gasteiger partial charge in [-0.1, -0.05) is 129 Å². The molecule has 0 aliphatic rings. The van der Waals surface area contributed by atoms with E-state index in [0.29, 0.717) is 0 Å². The quantitative estimate of drug-likeness (QED) is 0.189. The van der Waals surface area contributed by atoms with Gasteiger partial charge in [-0.3, -0.25) is 0 Å². The van der Waals surface area contributed by atoms with Crippen LogP contribution >= 0.6 is 0 Å². The van der Waals surface area contributed by atoms with Crippen molar-refractivity contribution in [1.82, 2.24) is 0 Å². The molecule has 0 saturated heterocycles. The molecule has 0 heteroatoms. The summed E-state index contributed by atoms with van der Waals surface area (Å²) < 4.78 is 0. The molecular weight excluding hydrogens is 480 g/mol. The number of aryl methyl sites for hydroxylation is 1. The van der Waals surface area contributed by atoms with E-state index in [-0.39, 0.29) is 0 Å². The maximum absolute atomic E-state index is 2.35. The van der Waals surface area contributed by atoms with E-state index in [1.807, 2.05) is 0 Å². The maximum atomic E-state index is 2.35. The molecule has 0 N–H and O–H groups in total. The SMILES string of the molecule is CCCCc1ccc(-c2cc(-c3ccccc3)cc(-c3cc(-c4ccccc4)cc(-c4ccccc4)c3)c2)cc1. The molecule has 0 bridgehead atoms. The van der Waals surface area contributed by atoms with Crippen LogP contribution in [0, 0.1) is 0 Å². The average Bonchev–Trinajstić information content (AvgIpc) is 3.05. The normalized spacial score (nSPS) is 10.9. The van der Waals surface area contributed by atoms with Crippen LogP contribution in [0.2, 0.25) is 0 Å². The Labute approximate surface area is 238 Å². The van der Waals surface area contributed by atoms with Gasteiger partial charge in [-0.2, -0.15) is 0 Å². The molecule has 0 nitrogen and oxygen atoms in total. The lowest BCUT2D eigenvalue weighted by Crippen LogP contribution is -1.90. The van der Waals surface area contributed by atoms with Crippen molar-refractivity contribution < 1.29 is 0 Å². The Hall–Kier alpha value is -4.68. The second-order valence-corrected chi connectivity index (χ2v) is 10.5. The van der Waals surface area contributed by atoms with Gasteiger partial charge in [-0.25, -0.2) is 0 Å². The molecule has 0 aliphatic heterocycles. The van der Waals surface area contributed by atoms with Crippen molar-refractivity contribution in [3.8, 4) is 55.6 Å². The largest absolute Gasteiger partial charge is 0.0654 e. The van der Waals surface area contributed by atoms with Gasteiger partial charge in [0.1, 0.15) is 0 Å². The third-order valence-electron chi connectivity index (χ3n) is 7.63. The van der Waals surface area contributed by atoms with Gasteiger partial charge in [0.15, 0.2) is 0 Å². The third kappa shape index (κ3) is 5.82. The first kappa shape index (κ1) is 25.6. The monoisotopic (exact) mass is 514 g/mol. The molecule has 0 unspecified atom stereocenters. The Morgan fingerprint density at radius 2 is 0.625 bits per heavy atom. The molecule has 0 spiro atoms. The first-order valence-corrected chi connectivity index (χ1v) is 14.3. The minimum absolute atomic E-state index is 1.14. The lowest BCUT2D eigenvalue weighted by Gasteiger charge is -2.15. The average molecular weight is 515 g/mol. The Morgan fingerprint density at radius 3 is 0.950 bits per heavy atom. The van der Waals surface area contributed by atoms with Crippen molar-refractivity contribution in [2.45, 2.75) is 26.2 Å². The van der Waals surface area contributed by atoms with Crippen LogP contribution in [0.5, 0.6) is 0 Å². The third-order valence-corrected chi connectivity index (χ3v) is 7.63. The van der Waals surface area contributed by atoms with Crippen molar-refractivity contribution in [1.29, 1.82) is 0 Å². The molecule has 0 aromatic heterocycles. The predicted molar refractivity (Wildman–Crippen MR) is 172 cm³/mol. The van der Waals surface area contributed by atoms with Gasteiger partial charge >= 0.3 is 0 Å². The number of rotatable bonds is 8. The van der Waals surface area contributed by atoms with Gasteiger partial charge in [0, 0.05) is 0 Å². The summed E-state index contributed by atoms with van der Waals surface area (Å²) in [7, 11) is 0. The summed E-state index contributed by atoms with van der Waals surface area (Å²) >= 11 is 0. The van der Waals surface area contributed by atoms with Gasteiger partial charge < -0.3 is 0 Å². The zero-order valence-electron chi connectivity index (χ0n) is 23.1. The van der Waals surface area contributed by atoms with Crippen molar-refractivity contribution >= 4 is 0 Å². The van der Waals surface area contributed by atoms with Crippen molar-refractivity contribution in [2.75, 3.05) is 0 Å². The fourth-order valence-corrected chi connectivity index (χ4v) is 5.39. The lowest BCUT2D eigenvalue weighted by molar-refractivity contribution is 0.795. The molecule has 6 aromatic carbocycles. The number of unbranched alkanes of at least 4 members (excludes halogenated alkanes) is 1. The van der Waals surface area contributed by atoms with Crippen LogP contribution < -0.4 is 0 Å². The molecule has 194 valence electrons. The molecular formula is C40H34. The fourth-order valence-electron chi connectivity index (χ4n) is 5.39. The van der Waals surface area contributed by atoms with E-state index in [2.05, 4.69) is 159 Å². The van der Waals surface area contributed by atoms with Crippen LogP contribution in [-0.4, -0.2) is 0 Å². The van der Waals surface area contributed by atoms with Gasteiger partial charge in [0.05, 0.1) is 0 Å². The highest BCUT2D eigenvalue weighted by Crippen LogP contribution is 2.37. The summed E-state index contributed by atoms with van der Waals surface area (Å²) in [6, 6.07) is 55.3. The molecule has 0 aliphatic carbocycles. The van der Waals surface area contributed by atoms with Crippen LogP contribution in [0.1, 0.15) is 25.3 Å². The van der Waals surface area contributed by atoms with Crippen molar-refractivity contribution in [3.63, 3.8) is 0 Å². The van der Waals surface area contributed by atoms with E-state index in [4.69, 9.17) is 0 Å². The minimum atomic E-state index is 1.14. The molecule has 0 atom stereocenters. The van der Waals surface area contributed by atoms with Gasteiger partial charge in [0.25, 0.3) is 0 Å². The first-order valence-electron chi connectivity index (χ1n) is 14.3. The Morgan fingerprint density at radius 1 is 0.325 bits per heavy atom. The smallest absolute Gasteiger partial charge is 0.0171 e. The zero-order chi connectivity index (χ0) is 27.1. The molecule has 0 saturated carbocycles. The van der Waals surface area contributed by atoms with E-state index in [9.17, 15) is 0 Å². The van der Waals surface area contributed by atoms with Crippen LogP contribution in [0.25, 0.3) is 55.6 Å². The summed E-state index contributed by atoms with van der Waals surface area (Å²) in [5.74, 6) is 0. The van der Waals surface area contributed by atoms with E-state index in [1.54, 1.807) is 0 Å².